The SMILES string of the molecule is CN(CC(N)=O)C(=O)NCc1ccc(C(=O)O)nc1. The lowest BCUT2D eigenvalue weighted by Gasteiger charge is -2.15. The number of nitrogens with one attached hydrogen (secondary N) is 1. The maximum atomic E-state index is 11.5. The first-order valence-corrected chi connectivity index (χ1v) is 5.35. The Labute approximate surface area is 109 Å². The van der Waals surface area contributed by atoms with E-state index in [9.17, 15) is 14.4 Å². The summed E-state index contributed by atoms with van der Waals surface area (Å²) < 4.78 is 0. The Morgan fingerprint density at radius 3 is 2.58 bits per heavy atom. The Bertz CT molecular complexity index is 486. The zero-order valence-electron chi connectivity index (χ0n) is 10.3. The van der Waals surface area contributed by atoms with Crippen molar-refractivity contribution >= 4 is 17.9 Å². The molecule has 1 rings (SSSR count). The number of aromatic carboxylic acids is 1. The van der Waals surface area contributed by atoms with Crippen molar-refractivity contribution in [2.24, 2.45) is 5.73 Å². The molecule has 1 aromatic rings. The highest BCUT2D eigenvalue weighted by atomic mass is 16.4. The number of carboxylic acids is 1. The lowest BCUT2D eigenvalue weighted by Crippen LogP contribution is -2.41. The zero-order valence-corrected chi connectivity index (χ0v) is 10.3. The van der Waals surface area contributed by atoms with Gasteiger partial charge in [0.2, 0.25) is 5.91 Å². The normalized spacial score (nSPS) is 9.74. The number of amides is 3. The molecule has 0 aliphatic carbocycles. The lowest BCUT2D eigenvalue weighted by molar-refractivity contribution is -0.118. The first-order valence-electron chi connectivity index (χ1n) is 5.35. The molecule has 19 heavy (non-hydrogen) atoms. The van der Waals surface area contributed by atoms with Gasteiger partial charge in [0.1, 0.15) is 12.2 Å². The molecule has 102 valence electrons. The van der Waals surface area contributed by atoms with Crippen molar-refractivity contribution in [2.75, 3.05) is 13.6 Å². The molecule has 4 N–H and O–H groups in total. The molecule has 0 saturated heterocycles. The van der Waals surface area contributed by atoms with Crippen molar-refractivity contribution < 1.29 is 19.5 Å². The molecule has 0 saturated carbocycles. The predicted octanol–water partition coefficient (Wildman–Crippen LogP) is -0.593. The number of nitrogens with zero attached hydrogens (tertiary/aromatic N) is 2. The monoisotopic (exact) mass is 266 g/mol. The fourth-order valence-corrected chi connectivity index (χ4v) is 1.27. The van der Waals surface area contributed by atoms with Gasteiger partial charge in [-0.25, -0.2) is 14.6 Å². The van der Waals surface area contributed by atoms with E-state index < -0.39 is 17.9 Å². The molecular weight excluding hydrogens is 252 g/mol. The van der Waals surface area contributed by atoms with Crippen LogP contribution in [0.3, 0.4) is 0 Å². The maximum Gasteiger partial charge on any atom is 0.354 e. The summed E-state index contributed by atoms with van der Waals surface area (Å²) in [4.78, 5) is 37.6. The number of hydrogen-bond acceptors (Lipinski definition) is 4. The third-order valence-corrected chi connectivity index (χ3v) is 2.23. The summed E-state index contributed by atoms with van der Waals surface area (Å²) >= 11 is 0. The van der Waals surface area contributed by atoms with E-state index in [4.69, 9.17) is 10.8 Å². The van der Waals surface area contributed by atoms with Gasteiger partial charge in [-0.1, -0.05) is 6.07 Å². The number of likely N-dealkylation sites (N-methyl/N-ethyl adjacent to an activating group) is 1. The number of nitrogens with two attached hydrogens (primary N) is 1. The number of carboxylic acid groups (broad SMARTS) is 1. The van der Waals surface area contributed by atoms with Gasteiger partial charge < -0.3 is 21.1 Å². The fourth-order valence-electron chi connectivity index (χ4n) is 1.27. The quantitative estimate of drug-likeness (QED) is 0.656. The smallest absolute Gasteiger partial charge is 0.354 e. The van der Waals surface area contributed by atoms with Crippen molar-refractivity contribution in [1.29, 1.82) is 0 Å². The summed E-state index contributed by atoms with van der Waals surface area (Å²) in [5.41, 5.74) is 5.53. The van der Waals surface area contributed by atoms with Crippen molar-refractivity contribution in [2.45, 2.75) is 6.54 Å². The van der Waals surface area contributed by atoms with Crippen LogP contribution >= 0.6 is 0 Å². The number of rotatable bonds is 5. The molecule has 0 radical (unpaired) electrons. The second-order valence-electron chi connectivity index (χ2n) is 3.84. The van der Waals surface area contributed by atoms with E-state index in [-0.39, 0.29) is 18.8 Å². The summed E-state index contributed by atoms with van der Waals surface area (Å²) in [5.74, 6) is -1.72. The topological polar surface area (TPSA) is 126 Å². The van der Waals surface area contributed by atoms with Gasteiger partial charge in [0.15, 0.2) is 0 Å². The molecule has 0 bridgehead atoms. The molecule has 1 aromatic heterocycles. The van der Waals surface area contributed by atoms with Gasteiger partial charge >= 0.3 is 12.0 Å². The van der Waals surface area contributed by atoms with E-state index in [1.807, 2.05) is 0 Å². The average Bonchev–Trinajstić information content (AvgIpc) is 2.35. The van der Waals surface area contributed by atoms with Gasteiger partial charge in [0.25, 0.3) is 0 Å². The predicted molar refractivity (Wildman–Crippen MR) is 65.3 cm³/mol. The minimum atomic E-state index is -1.11. The van der Waals surface area contributed by atoms with Crippen molar-refractivity contribution in [3.05, 3.63) is 29.6 Å². The third kappa shape index (κ3) is 4.62. The van der Waals surface area contributed by atoms with Crippen molar-refractivity contribution in [1.82, 2.24) is 15.2 Å². The van der Waals surface area contributed by atoms with Crippen LogP contribution in [0.1, 0.15) is 16.1 Å². The van der Waals surface area contributed by atoms with Gasteiger partial charge in [-0.15, -0.1) is 0 Å². The minimum absolute atomic E-state index is 0.0686. The van der Waals surface area contributed by atoms with Gasteiger partial charge in [0.05, 0.1) is 0 Å². The molecule has 8 nitrogen and oxygen atoms in total. The number of carbonyl (C=O) groups excluding carboxylic acids is 2. The summed E-state index contributed by atoms with van der Waals surface area (Å²) in [6.45, 7) is -0.00311. The van der Waals surface area contributed by atoms with E-state index in [1.165, 1.54) is 19.3 Å². The Morgan fingerprint density at radius 2 is 2.11 bits per heavy atom. The van der Waals surface area contributed by atoms with Crippen LogP contribution in [-0.2, 0) is 11.3 Å². The lowest BCUT2D eigenvalue weighted by atomic mass is 10.2. The van der Waals surface area contributed by atoms with Crippen molar-refractivity contribution in [3.63, 3.8) is 0 Å². The maximum absolute atomic E-state index is 11.5. The molecule has 1 heterocycles. The van der Waals surface area contributed by atoms with E-state index >= 15 is 0 Å². The second-order valence-corrected chi connectivity index (χ2v) is 3.84. The van der Waals surface area contributed by atoms with Crippen LogP contribution in [0.5, 0.6) is 0 Å². The van der Waals surface area contributed by atoms with Gasteiger partial charge in [-0.2, -0.15) is 0 Å². The highest BCUT2D eigenvalue weighted by Gasteiger charge is 2.10. The number of carbonyl (C=O) groups is 3. The average molecular weight is 266 g/mol. The Kier molecular flexibility index (Phi) is 4.81. The number of pyridine rings is 1. The molecular formula is C11H14N4O4. The van der Waals surface area contributed by atoms with E-state index in [0.29, 0.717) is 5.56 Å². The molecule has 0 aliphatic heterocycles. The Hall–Kier alpha value is -2.64. The first kappa shape index (κ1) is 14.4. The molecule has 0 spiro atoms. The number of hydrogen-bond donors (Lipinski definition) is 3. The van der Waals surface area contributed by atoms with E-state index in [1.54, 1.807) is 6.07 Å². The first-order chi connectivity index (χ1) is 8.90. The van der Waals surface area contributed by atoms with Crippen LogP contribution in [0.4, 0.5) is 4.79 Å². The van der Waals surface area contributed by atoms with Gasteiger partial charge in [0, 0.05) is 19.8 Å². The summed E-state index contributed by atoms with van der Waals surface area (Å²) in [6, 6.07) is 2.43. The molecule has 8 heteroatoms. The highest BCUT2D eigenvalue weighted by molar-refractivity contribution is 5.85. The molecule has 3 amide bonds. The summed E-state index contributed by atoms with van der Waals surface area (Å²) in [7, 11) is 1.44. The molecule has 0 unspecified atom stereocenters. The third-order valence-electron chi connectivity index (χ3n) is 2.23. The van der Waals surface area contributed by atoms with Gasteiger partial charge in [-0.3, -0.25) is 4.79 Å². The highest BCUT2D eigenvalue weighted by Crippen LogP contribution is 2.00. The van der Waals surface area contributed by atoms with Crippen LogP contribution in [0.2, 0.25) is 0 Å². The van der Waals surface area contributed by atoms with E-state index in [0.717, 1.165) is 4.90 Å². The molecule has 0 atom stereocenters. The fraction of sp³-hybridized carbons (Fsp3) is 0.273. The Morgan fingerprint density at radius 1 is 1.42 bits per heavy atom. The molecule has 0 fully saturated rings. The van der Waals surface area contributed by atoms with Crippen LogP contribution < -0.4 is 11.1 Å². The van der Waals surface area contributed by atoms with Crippen molar-refractivity contribution in [3.8, 4) is 0 Å². The second kappa shape index (κ2) is 6.34. The number of urea groups is 1. The van der Waals surface area contributed by atoms with Crippen LogP contribution in [0.15, 0.2) is 18.3 Å². The summed E-state index contributed by atoms with van der Waals surface area (Å²) in [5, 5.41) is 11.2. The van der Waals surface area contributed by atoms with Crippen LogP contribution in [-0.4, -0.2) is 46.5 Å². The van der Waals surface area contributed by atoms with E-state index in [2.05, 4.69) is 10.3 Å². The van der Waals surface area contributed by atoms with Crippen LogP contribution in [0, 0.1) is 0 Å². The van der Waals surface area contributed by atoms with Gasteiger partial charge in [-0.05, 0) is 11.6 Å². The number of primary amides is 1. The standard InChI is InChI=1S/C11H14N4O4/c1-15(6-9(12)16)11(19)14-5-7-2-3-8(10(17)18)13-4-7/h2-4H,5-6H2,1H3,(H2,12,16)(H,14,19)(H,17,18). The molecule has 0 aromatic carbocycles. The largest absolute Gasteiger partial charge is 0.477 e. The Balaban J connectivity index is 2.50. The summed E-state index contributed by atoms with van der Waals surface area (Å²) in [6.07, 6.45) is 1.36. The van der Waals surface area contributed by atoms with Crippen LogP contribution in [0.25, 0.3) is 0 Å². The molecule has 0 aliphatic rings. The minimum Gasteiger partial charge on any atom is -0.477 e. The number of aromatic nitrogens is 1. The zero-order chi connectivity index (χ0) is 14.4.